The fraction of sp³-hybridized carbons (Fsp3) is 0. The Kier molecular flexibility index (Phi) is 4.60. The highest BCUT2D eigenvalue weighted by Crippen LogP contribution is 2.27. The fourth-order valence-electron chi connectivity index (χ4n) is 1.71. The first kappa shape index (κ1) is 13.4. The van der Waals surface area contributed by atoms with Crippen LogP contribution in [0, 0.1) is 0 Å². The van der Waals surface area contributed by atoms with E-state index in [0.717, 1.165) is 10.5 Å². The SMILES string of the molecule is I.c1ccc(Sc2ccc3ccccc3n2)cc1. The summed E-state index contributed by atoms with van der Waals surface area (Å²) in [7, 11) is 0. The molecule has 3 rings (SSSR count). The Bertz CT molecular complexity index is 640. The first-order chi connectivity index (χ1) is 8.42. The molecule has 90 valence electrons. The first-order valence-corrected chi connectivity index (χ1v) is 6.32. The van der Waals surface area contributed by atoms with Gasteiger partial charge in [0.25, 0.3) is 0 Å². The van der Waals surface area contributed by atoms with Gasteiger partial charge in [-0.3, -0.25) is 0 Å². The predicted octanol–water partition coefficient (Wildman–Crippen LogP) is 5.00. The van der Waals surface area contributed by atoms with Gasteiger partial charge in [-0.05, 0) is 24.3 Å². The summed E-state index contributed by atoms with van der Waals surface area (Å²) in [5.74, 6) is 0. The average Bonchev–Trinajstić information content (AvgIpc) is 2.40. The lowest BCUT2D eigenvalue weighted by Gasteiger charge is -2.02. The Morgan fingerprint density at radius 2 is 1.44 bits per heavy atom. The maximum atomic E-state index is 4.63. The van der Waals surface area contributed by atoms with Crippen LogP contribution < -0.4 is 0 Å². The third-order valence-electron chi connectivity index (χ3n) is 2.54. The van der Waals surface area contributed by atoms with E-state index in [1.807, 2.05) is 36.4 Å². The average molecular weight is 365 g/mol. The number of nitrogens with zero attached hydrogens (tertiary/aromatic N) is 1. The fourth-order valence-corrected chi connectivity index (χ4v) is 2.53. The van der Waals surface area contributed by atoms with Crippen LogP contribution in [0.2, 0.25) is 0 Å². The van der Waals surface area contributed by atoms with E-state index in [-0.39, 0.29) is 24.0 Å². The van der Waals surface area contributed by atoms with Crippen LogP contribution in [-0.2, 0) is 0 Å². The number of benzene rings is 2. The molecule has 1 aromatic heterocycles. The first-order valence-electron chi connectivity index (χ1n) is 5.50. The van der Waals surface area contributed by atoms with Crippen LogP contribution in [0.15, 0.2) is 76.7 Å². The molecule has 0 unspecified atom stereocenters. The second-order valence-electron chi connectivity index (χ2n) is 3.76. The Labute approximate surface area is 128 Å². The quantitative estimate of drug-likeness (QED) is 0.593. The van der Waals surface area contributed by atoms with E-state index in [9.17, 15) is 0 Å². The molecule has 3 aromatic rings. The van der Waals surface area contributed by atoms with Crippen LogP contribution >= 0.6 is 35.7 Å². The van der Waals surface area contributed by atoms with Crippen LogP contribution in [0.25, 0.3) is 10.9 Å². The van der Waals surface area contributed by atoms with Gasteiger partial charge in [0.15, 0.2) is 0 Å². The summed E-state index contributed by atoms with van der Waals surface area (Å²) in [5.41, 5.74) is 1.05. The molecule has 0 fully saturated rings. The van der Waals surface area contributed by atoms with Crippen LogP contribution in [0.3, 0.4) is 0 Å². The van der Waals surface area contributed by atoms with Crippen LogP contribution in [0.4, 0.5) is 0 Å². The lowest BCUT2D eigenvalue weighted by molar-refractivity contribution is 1.19. The van der Waals surface area contributed by atoms with Gasteiger partial charge in [-0.1, -0.05) is 54.2 Å². The molecular formula is C15H12INS. The van der Waals surface area contributed by atoms with E-state index >= 15 is 0 Å². The van der Waals surface area contributed by atoms with Crippen molar-refractivity contribution in [2.24, 2.45) is 0 Å². The number of fused-ring (bicyclic) bond motifs is 1. The van der Waals surface area contributed by atoms with E-state index in [0.29, 0.717) is 0 Å². The van der Waals surface area contributed by atoms with Crippen LogP contribution in [0.5, 0.6) is 0 Å². The standard InChI is InChI=1S/C15H11NS.HI/c1-2-7-13(8-3-1)17-15-11-10-12-6-4-5-9-14(12)16-15;/h1-11H;1H. The van der Waals surface area contributed by atoms with Crippen molar-refractivity contribution >= 4 is 46.6 Å². The van der Waals surface area contributed by atoms with E-state index in [2.05, 4.69) is 35.3 Å². The zero-order valence-corrected chi connectivity index (χ0v) is 12.8. The molecule has 0 N–H and O–H groups in total. The van der Waals surface area contributed by atoms with Crippen molar-refractivity contribution in [3.8, 4) is 0 Å². The monoisotopic (exact) mass is 365 g/mol. The van der Waals surface area contributed by atoms with Gasteiger partial charge in [0.05, 0.1) is 5.52 Å². The maximum absolute atomic E-state index is 4.63. The summed E-state index contributed by atoms with van der Waals surface area (Å²) in [6.45, 7) is 0. The molecule has 3 heteroatoms. The van der Waals surface area contributed by atoms with E-state index < -0.39 is 0 Å². The molecule has 0 bridgehead atoms. The van der Waals surface area contributed by atoms with Crippen molar-refractivity contribution in [2.45, 2.75) is 9.92 Å². The molecule has 0 aliphatic carbocycles. The molecule has 18 heavy (non-hydrogen) atoms. The van der Waals surface area contributed by atoms with Crippen LogP contribution in [-0.4, -0.2) is 4.98 Å². The highest BCUT2D eigenvalue weighted by Gasteiger charge is 1.99. The predicted molar refractivity (Wildman–Crippen MR) is 87.7 cm³/mol. The number of pyridine rings is 1. The minimum atomic E-state index is 0. The largest absolute Gasteiger partial charge is 0.241 e. The van der Waals surface area contributed by atoms with Crippen molar-refractivity contribution in [3.05, 3.63) is 66.7 Å². The third kappa shape index (κ3) is 3.03. The topological polar surface area (TPSA) is 12.9 Å². The zero-order chi connectivity index (χ0) is 11.5. The van der Waals surface area contributed by atoms with E-state index in [1.165, 1.54) is 10.3 Å². The van der Waals surface area contributed by atoms with Crippen molar-refractivity contribution in [3.63, 3.8) is 0 Å². The van der Waals surface area contributed by atoms with Gasteiger partial charge in [0, 0.05) is 10.3 Å². The highest BCUT2D eigenvalue weighted by molar-refractivity contribution is 14.0. The summed E-state index contributed by atoms with van der Waals surface area (Å²) >= 11 is 1.69. The summed E-state index contributed by atoms with van der Waals surface area (Å²) in [4.78, 5) is 5.85. The second-order valence-corrected chi connectivity index (χ2v) is 4.85. The summed E-state index contributed by atoms with van der Waals surface area (Å²) in [6, 6.07) is 22.7. The van der Waals surface area contributed by atoms with Crippen molar-refractivity contribution in [2.75, 3.05) is 0 Å². The van der Waals surface area contributed by atoms with Gasteiger partial charge < -0.3 is 0 Å². The van der Waals surface area contributed by atoms with E-state index in [4.69, 9.17) is 0 Å². The molecule has 0 saturated carbocycles. The molecule has 1 heterocycles. The molecule has 0 aliphatic rings. The molecule has 0 aliphatic heterocycles. The Hall–Kier alpha value is -1.07. The summed E-state index contributed by atoms with van der Waals surface area (Å²) < 4.78 is 0. The second kappa shape index (κ2) is 6.20. The number of para-hydroxylation sites is 1. The maximum Gasteiger partial charge on any atom is 0.101 e. The molecular weight excluding hydrogens is 353 g/mol. The number of halogens is 1. The van der Waals surface area contributed by atoms with Gasteiger partial charge in [-0.15, -0.1) is 24.0 Å². The van der Waals surface area contributed by atoms with Gasteiger partial charge >= 0.3 is 0 Å². The van der Waals surface area contributed by atoms with Gasteiger partial charge in [-0.2, -0.15) is 0 Å². The Balaban J connectivity index is 0.00000120. The number of rotatable bonds is 2. The molecule has 0 atom stereocenters. The van der Waals surface area contributed by atoms with Gasteiger partial charge in [0.1, 0.15) is 5.03 Å². The molecule has 0 radical (unpaired) electrons. The Morgan fingerprint density at radius 1 is 0.722 bits per heavy atom. The van der Waals surface area contributed by atoms with Crippen molar-refractivity contribution in [1.82, 2.24) is 4.98 Å². The summed E-state index contributed by atoms with van der Waals surface area (Å²) in [6.07, 6.45) is 0. The molecule has 1 nitrogen and oxygen atoms in total. The zero-order valence-electron chi connectivity index (χ0n) is 9.61. The minimum absolute atomic E-state index is 0. The molecule has 2 aromatic carbocycles. The van der Waals surface area contributed by atoms with Crippen molar-refractivity contribution in [1.29, 1.82) is 0 Å². The van der Waals surface area contributed by atoms with Crippen molar-refractivity contribution < 1.29 is 0 Å². The highest BCUT2D eigenvalue weighted by atomic mass is 127. The number of hydrogen-bond donors (Lipinski definition) is 0. The number of aromatic nitrogens is 1. The van der Waals surface area contributed by atoms with Gasteiger partial charge in [-0.25, -0.2) is 4.98 Å². The third-order valence-corrected chi connectivity index (χ3v) is 3.48. The van der Waals surface area contributed by atoms with Gasteiger partial charge in [0.2, 0.25) is 0 Å². The lowest BCUT2D eigenvalue weighted by Crippen LogP contribution is -1.81. The lowest BCUT2D eigenvalue weighted by atomic mass is 10.2. The number of hydrogen-bond acceptors (Lipinski definition) is 2. The smallest absolute Gasteiger partial charge is 0.101 e. The van der Waals surface area contributed by atoms with Crippen LogP contribution in [0.1, 0.15) is 0 Å². The summed E-state index contributed by atoms with van der Waals surface area (Å²) in [5, 5.41) is 2.22. The normalized spacial score (nSPS) is 10.0. The Morgan fingerprint density at radius 3 is 2.28 bits per heavy atom. The molecule has 0 amide bonds. The van der Waals surface area contributed by atoms with E-state index in [1.54, 1.807) is 11.8 Å². The molecule has 0 spiro atoms. The minimum Gasteiger partial charge on any atom is -0.241 e. The molecule has 0 saturated heterocycles.